The van der Waals surface area contributed by atoms with Gasteiger partial charge in [-0.05, 0) is 78.4 Å². The fourth-order valence-electron chi connectivity index (χ4n) is 4.34. The smallest absolute Gasteiger partial charge is 0.744 e. The SMILES string of the molecule is Cc1ccc(Cc2cc(S(=O)(=O)[O-])cc3cc(SOO[O-])c(N=Nc4cc(Cl)ccc4Oc4ccccc4)c(O)c23)cc1.[Na+].[Na+]. The molecule has 0 saturated carbocycles. The normalized spacial score (nSPS) is 11.3. The van der Waals surface area contributed by atoms with Gasteiger partial charge in [0.2, 0.25) is 0 Å². The molecule has 0 aliphatic heterocycles. The number of benzene rings is 5. The molecule has 0 aliphatic rings. The van der Waals surface area contributed by atoms with Crippen molar-refractivity contribution in [3.63, 3.8) is 0 Å². The third-order valence-electron chi connectivity index (χ3n) is 6.31. The Kier molecular flexibility index (Phi) is 13.9. The van der Waals surface area contributed by atoms with Crippen LogP contribution in [0.3, 0.4) is 0 Å². The molecule has 0 amide bonds. The van der Waals surface area contributed by atoms with E-state index in [4.69, 9.17) is 16.3 Å². The van der Waals surface area contributed by atoms with E-state index in [1.807, 2.05) is 37.3 Å². The van der Waals surface area contributed by atoms with Gasteiger partial charge >= 0.3 is 59.1 Å². The number of fused-ring (bicyclic) bond motifs is 1. The van der Waals surface area contributed by atoms with E-state index in [1.54, 1.807) is 36.4 Å². The number of azo groups is 1. The first-order valence-corrected chi connectivity index (χ1v) is 15.1. The minimum absolute atomic E-state index is 0. The summed E-state index contributed by atoms with van der Waals surface area (Å²) in [5.41, 5.74) is 2.27. The standard InChI is InChI=1S/C30H23ClN2O8S2.2Na/c1-18-7-9-19(10-8-18)13-20-14-24(43(36,37)38)15-21-16-27(42-41-40-35)29(30(34)28(20)21)33-32-25-17-22(31)11-12-26(25)39-23-5-3-2-4-6-23;;/h2-12,14-17,34-35H,13H2,1H3,(H,36,37,38);;/q;2*+1/p-2. The fraction of sp³-hybridized carbons (Fsp3) is 0.0667. The molecule has 0 heterocycles. The van der Waals surface area contributed by atoms with Crippen molar-refractivity contribution in [2.24, 2.45) is 10.2 Å². The van der Waals surface area contributed by atoms with E-state index in [-0.39, 0.29) is 92.6 Å². The second-order valence-corrected chi connectivity index (χ2v) is 11.9. The number of hydrogen-bond acceptors (Lipinski definition) is 11. The second kappa shape index (κ2) is 16.7. The number of para-hydroxylation sites is 1. The summed E-state index contributed by atoms with van der Waals surface area (Å²) in [7, 11) is -4.86. The Balaban J connectivity index is 0.00000276. The number of aryl methyl sites for hydroxylation is 1. The van der Waals surface area contributed by atoms with Crippen LogP contribution in [0.4, 0.5) is 11.4 Å². The molecule has 0 aromatic heterocycles. The topological polar surface area (TPSA) is 153 Å². The summed E-state index contributed by atoms with van der Waals surface area (Å²) in [6, 6.07) is 24.9. The Bertz CT molecular complexity index is 1930. The van der Waals surface area contributed by atoms with E-state index >= 15 is 0 Å². The molecule has 0 unspecified atom stereocenters. The first kappa shape index (κ1) is 37.4. The molecule has 0 atom stereocenters. The van der Waals surface area contributed by atoms with Crippen LogP contribution in [0.2, 0.25) is 5.02 Å². The summed E-state index contributed by atoms with van der Waals surface area (Å²) in [6.45, 7) is 1.93. The van der Waals surface area contributed by atoms with Crippen LogP contribution in [0.25, 0.3) is 10.8 Å². The Morgan fingerprint density at radius 2 is 1.64 bits per heavy atom. The van der Waals surface area contributed by atoms with E-state index in [2.05, 4.69) is 19.6 Å². The summed E-state index contributed by atoms with van der Waals surface area (Å²) < 4.78 is 46.5. The summed E-state index contributed by atoms with van der Waals surface area (Å²) in [5.74, 6) is 0.457. The van der Waals surface area contributed by atoms with Crippen molar-refractivity contribution < 1.29 is 96.6 Å². The first-order valence-electron chi connectivity index (χ1n) is 12.5. The number of phenolic OH excluding ortho intramolecular Hbond substituents is 1. The molecule has 0 aliphatic carbocycles. The largest absolute Gasteiger partial charge is 1.00 e. The molecular formula is C30H21ClN2Na2O8S2. The Morgan fingerprint density at radius 3 is 2.31 bits per heavy atom. The molecule has 0 fully saturated rings. The van der Waals surface area contributed by atoms with E-state index in [9.17, 15) is 23.3 Å². The minimum Gasteiger partial charge on any atom is -0.744 e. The fourth-order valence-corrected chi connectivity index (χ4v) is 5.56. The van der Waals surface area contributed by atoms with Crippen LogP contribution in [0.5, 0.6) is 17.2 Å². The number of nitrogens with zero attached hydrogens (tertiary/aromatic N) is 2. The maximum absolute atomic E-state index is 12.0. The molecule has 5 aromatic carbocycles. The zero-order chi connectivity index (χ0) is 30.6. The van der Waals surface area contributed by atoms with Crippen LogP contribution in [-0.2, 0) is 25.9 Å². The zero-order valence-corrected chi connectivity index (χ0v) is 30.7. The number of halogens is 1. The number of aromatic hydroxyl groups is 1. The molecule has 15 heteroatoms. The van der Waals surface area contributed by atoms with E-state index in [1.165, 1.54) is 18.2 Å². The van der Waals surface area contributed by atoms with E-state index in [0.717, 1.165) is 17.2 Å². The van der Waals surface area contributed by atoms with Gasteiger partial charge < -0.3 is 19.7 Å². The summed E-state index contributed by atoms with van der Waals surface area (Å²) >= 11 is 6.63. The minimum atomic E-state index is -4.86. The molecule has 0 bridgehead atoms. The molecule has 0 saturated heterocycles. The van der Waals surface area contributed by atoms with Crippen LogP contribution >= 0.6 is 23.6 Å². The van der Waals surface area contributed by atoms with Crippen LogP contribution < -0.4 is 69.1 Å². The van der Waals surface area contributed by atoms with Crippen molar-refractivity contribution in [1.29, 1.82) is 0 Å². The van der Waals surface area contributed by atoms with Crippen LogP contribution in [0.1, 0.15) is 16.7 Å². The molecule has 0 spiro atoms. The molecule has 0 radical (unpaired) electrons. The van der Waals surface area contributed by atoms with Crippen molar-refractivity contribution >= 4 is 55.9 Å². The summed E-state index contributed by atoms with van der Waals surface area (Å²) in [6.07, 6.45) is 0.181. The van der Waals surface area contributed by atoms with Gasteiger partial charge in [-0.2, -0.15) is 4.33 Å². The monoisotopic (exact) mass is 682 g/mol. The first-order chi connectivity index (χ1) is 20.6. The van der Waals surface area contributed by atoms with E-state index in [0.29, 0.717) is 34.1 Å². The predicted molar refractivity (Wildman–Crippen MR) is 158 cm³/mol. The van der Waals surface area contributed by atoms with Gasteiger partial charge in [0.1, 0.15) is 27.2 Å². The zero-order valence-electron chi connectivity index (χ0n) is 24.3. The second-order valence-electron chi connectivity index (χ2n) is 9.32. The molecule has 10 nitrogen and oxygen atoms in total. The van der Waals surface area contributed by atoms with Gasteiger partial charge in [0.15, 0.2) is 11.5 Å². The van der Waals surface area contributed by atoms with Crippen LogP contribution in [0, 0.1) is 6.92 Å². The van der Waals surface area contributed by atoms with E-state index < -0.39 is 20.8 Å². The van der Waals surface area contributed by atoms with Crippen molar-refractivity contribution in [2.75, 3.05) is 0 Å². The Morgan fingerprint density at radius 1 is 0.933 bits per heavy atom. The molecule has 45 heavy (non-hydrogen) atoms. The molecule has 220 valence electrons. The quantitative estimate of drug-likeness (QED) is 0.0576. The predicted octanol–water partition coefficient (Wildman–Crippen LogP) is 1.45. The molecule has 5 aromatic rings. The van der Waals surface area contributed by atoms with Crippen molar-refractivity contribution in [2.45, 2.75) is 23.1 Å². The average Bonchev–Trinajstić information content (AvgIpc) is 2.98. The van der Waals surface area contributed by atoms with Gasteiger partial charge in [0.25, 0.3) is 0 Å². The third-order valence-corrected chi connectivity index (χ3v) is 7.97. The van der Waals surface area contributed by atoms with Crippen molar-refractivity contribution in [3.8, 4) is 17.2 Å². The van der Waals surface area contributed by atoms with Crippen LogP contribution in [0.15, 0.2) is 111 Å². The average molecular weight is 683 g/mol. The van der Waals surface area contributed by atoms with Gasteiger partial charge in [0.05, 0.1) is 21.8 Å². The number of rotatable bonds is 10. The number of ether oxygens (including phenoxy) is 1. The molecular weight excluding hydrogens is 662 g/mol. The Labute approximate surface area is 312 Å². The van der Waals surface area contributed by atoms with Crippen molar-refractivity contribution in [3.05, 3.63) is 113 Å². The third kappa shape index (κ3) is 9.52. The maximum atomic E-state index is 12.0. The summed E-state index contributed by atoms with van der Waals surface area (Å²) in [5, 5.41) is 35.0. The molecule has 5 rings (SSSR count). The summed E-state index contributed by atoms with van der Waals surface area (Å²) in [4.78, 5) is -0.451. The maximum Gasteiger partial charge on any atom is 1.00 e. The van der Waals surface area contributed by atoms with Gasteiger partial charge in [-0.3, -0.25) is 5.04 Å². The van der Waals surface area contributed by atoms with Gasteiger partial charge in [-0.1, -0.05) is 59.6 Å². The Hall–Kier alpha value is -2.01. The number of phenols is 1. The molecule has 1 N–H and O–H groups in total. The van der Waals surface area contributed by atoms with Crippen LogP contribution in [-0.4, -0.2) is 18.1 Å². The van der Waals surface area contributed by atoms with Gasteiger partial charge in [-0.25, -0.2) is 8.42 Å². The van der Waals surface area contributed by atoms with Crippen molar-refractivity contribution in [1.82, 2.24) is 0 Å². The van der Waals surface area contributed by atoms with Gasteiger partial charge in [0, 0.05) is 10.4 Å². The number of hydrogen-bond donors (Lipinski definition) is 1. The van der Waals surface area contributed by atoms with Gasteiger partial charge in [-0.15, -0.1) is 10.2 Å².